The van der Waals surface area contributed by atoms with Crippen LogP contribution in [0.1, 0.15) is 36.8 Å². The summed E-state index contributed by atoms with van der Waals surface area (Å²) in [5.74, 6) is 5.43. The van der Waals surface area contributed by atoms with Crippen molar-refractivity contribution >= 4 is 33.4 Å². The van der Waals surface area contributed by atoms with Crippen LogP contribution in [0.3, 0.4) is 0 Å². The molecular weight excluding hydrogens is 568 g/mol. The minimum atomic E-state index is -6.00. The van der Waals surface area contributed by atoms with Gasteiger partial charge < -0.3 is 4.18 Å². The molecule has 0 unspecified atom stereocenters. The lowest BCUT2D eigenvalue weighted by Crippen LogP contribution is -2.41. The number of hydrogen-bond acceptors (Lipinski definition) is 5. The van der Waals surface area contributed by atoms with Crippen LogP contribution < -0.4 is 9.37 Å². The predicted octanol–water partition coefficient (Wildman–Crippen LogP) is 5.46. The van der Waals surface area contributed by atoms with Gasteiger partial charge in [-0.2, -0.15) is 25.9 Å². The summed E-state index contributed by atoms with van der Waals surface area (Å²) < 4.78 is 97.1. The molecular formula is C27H32F3NO5S2Si. The molecule has 0 atom stereocenters. The van der Waals surface area contributed by atoms with Crippen LogP contribution in [0.25, 0.3) is 0 Å². The minimum Gasteiger partial charge on any atom is -0.376 e. The van der Waals surface area contributed by atoms with Crippen LogP contribution in [0.5, 0.6) is 5.75 Å². The van der Waals surface area contributed by atoms with Gasteiger partial charge in [-0.1, -0.05) is 73.5 Å². The topological polar surface area (TPSA) is 80.8 Å². The summed E-state index contributed by atoms with van der Waals surface area (Å²) in [6, 6.07) is 10.6. The largest absolute Gasteiger partial charge is 0.534 e. The molecule has 0 aliphatic heterocycles. The maximum Gasteiger partial charge on any atom is 0.534 e. The van der Waals surface area contributed by atoms with Gasteiger partial charge in [-0.05, 0) is 55.5 Å². The van der Waals surface area contributed by atoms with Crippen LogP contribution in [-0.2, 0) is 26.7 Å². The fourth-order valence-electron chi connectivity index (χ4n) is 4.02. The van der Waals surface area contributed by atoms with Crippen LogP contribution in [0, 0.1) is 18.8 Å². The molecule has 0 fully saturated rings. The highest BCUT2D eigenvalue weighted by Crippen LogP contribution is 2.31. The van der Waals surface area contributed by atoms with Gasteiger partial charge in [0.05, 0.1) is 19.5 Å². The molecule has 0 heterocycles. The number of alkyl halides is 3. The molecule has 6 nitrogen and oxygen atoms in total. The van der Waals surface area contributed by atoms with Gasteiger partial charge in [-0.3, -0.25) is 0 Å². The van der Waals surface area contributed by atoms with Gasteiger partial charge in [0.1, 0.15) is 5.75 Å². The van der Waals surface area contributed by atoms with Crippen molar-refractivity contribution in [1.82, 2.24) is 4.31 Å². The Morgan fingerprint density at radius 3 is 2.23 bits per heavy atom. The zero-order valence-electron chi connectivity index (χ0n) is 22.3. The number of hydrogen-bond donors (Lipinski definition) is 0. The fraction of sp³-hybridized carbons (Fsp3) is 0.407. The SMILES string of the molecule is Cc1ccc(S(=O)(=O)N(CC#CC2=CCCCC2)Cc2cccc([Si](C)(C)C)c2OS(=O)(=O)C(F)(F)F)cc1. The van der Waals surface area contributed by atoms with Crippen molar-refractivity contribution in [3.8, 4) is 17.6 Å². The lowest BCUT2D eigenvalue weighted by atomic mass is 10.0. The minimum absolute atomic E-state index is 0.00267. The van der Waals surface area contributed by atoms with E-state index in [1.54, 1.807) is 18.2 Å². The number of aryl methyl sites for hydroxylation is 1. The van der Waals surface area contributed by atoms with E-state index in [4.69, 9.17) is 4.18 Å². The molecule has 0 saturated heterocycles. The van der Waals surface area contributed by atoms with E-state index in [2.05, 4.69) is 11.8 Å². The molecule has 3 rings (SSSR count). The van der Waals surface area contributed by atoms with Gasteiger partial charge in [0.2, 0.25) is 10.0 Å². The second-order valence-corrected chi connectivity index (χ2v) is 18.9. The molecule has 0 aromatic heterocycles. The first-order valence-corrected chi connectivity index (χ1v) is 18.7. The average molecular weight is 600 g/mol. The lowest BCUT2D eigenvalue weighted by molar-refractivity contribution is -0.0500. The maximum atomic E-state index is 13.7. The van der Waals surface area contributed by atoms with Gasteiger partial charge in [0, 0.05) is 12.1 Å². The Hall–Kier alpha value is -2.59. The Labute approximate surface area is 230 Å². The fourth-order valence-corrected chi connectivity index (χ4v) is 7.42. The van der Waals surface area contributed by atoms with Crippen molar-refractivity contribution in [3.63, 3.8) is 0 Å². The molecule has 0 spiro atoms. The van der Waals surface area contributed by atoms with Crippen molar-refractivity contribution in [2.45, 2.75) is 69.2 Å². The Morgan fingerprint density at radius 1 is 1.00 bits per heavy atom. The number of benzene rings is 2. The van der Waals surface area contributed by atoms with E-state index >= 15 is 0 Å². The zero-order chi connectivity index (χ0) is 29.1. The normalized spacial score (nSPS) is 14.9. The first-order chi connectivity index (χ1) is 18.0. The molecule has 0 N–H and O–H groups in total. The van der Waals surface area contributed by atoms with Gasteiger partial charge in [-0.15, -0.1) is 0 Å². The van der Waals surface area contributed by atoms with Crippen LogP contribution in [0.2, 0.25) is 19.6 Å². The molecule has 1 aliphatic rings. The standard InChI is InChI=1S/C27H32F3NO5S2Si/c1-21-15-17-24(18-16-21)37(32,33)31(19-9-12-22-10-6-5-7-11-22)20-23-13-8-14-25(39(2,3)4)26(23)36-38(34,35)27(28,29)30/h8,10,13-18H,5-7,11,19-20H2,1-4H3. The average Bonchev–Trinajstić information content (AvgIpc) is 2.83. The highest BCUT2D eigenvalue weighted by Gasteiger charge is 2.49. The van der Waals surface area contributed by atoms with E-state index < -0.39 is 46.0 Å². The molecule has 2 aromatic carbocycles. The Morgan fingerprint density at radius 2 is 1.67 bits per heavy atom. The van der Waals surface area contributed by atoms with Crippen LogP contribution >= 0.6 is 0 Å². The number of halogens is 3. The molecule has 0 saturated carbocycles. The number of para-hydroxylation sites is 1. The zero-order valence-corrected chi connectivity index (χ0v) is 24.9. The van der Waals surface area contributed by atoms with Crippen molar-refractivity contribution in [3.05, 3.63) is 65.2 Å². The predicted molar refractivity (Wildman–Crippen MR) is 148 cm³/mol. The van der Waals surface area contributed by atoms with Gasteiger partial charge in [-0.25, -0.2) is 8.42 Å². The molecule has 12 heteroatoms. The van der Waals surface area contributed by atoms with E-state index in [0.717, 1.165) is 41.1 Å². The van der Waals surface area contributed by atoms with Crippen LogP contribution in [-0.4, -0.2) is 41.3 Å². The quantitative estimate of drug-likeness (QED) is 0.174. The van der Waals surface area contributed by atoms with E-state index in [-0.39, 0.29) is 17.0 Å². The number of rotatable bonds is 8. The first-order valence-electron chi connectivity index (χ1n) is 12.4. The first kappa shape index (κ1) is 30.9. The Balaban J connectivity index is 2.12. The third-order valence-electron chi connectivity index (χ3n) is 6.18. The van der Waals surface area contributed by atoms with E-state index in [9.17, 15) is 30.0 Å². The highest BCUT2D eigenvalue weighted by atomic mass is 32.2. The van der Waals surface area contributed by atoms with E-state index in [0.29, 0.717) is 5.19 Å². The van der Waals surface area contributed by atoms with Gasteiger partial charge in [0.15, 0.2) is 0 Å². The van der Waals surface area contributed by atoms with E-state index in [1.165, 1.54) is 24.3 Å². The molecule has 0 amide bonds. The highest BCUT2D eigenvalue weighted by molar-refractivity contribution is 7.89. The van der Waals surface area contributed by atoms with Crippen molar-refractivity contribution in [2.75, 3.05) is 6.54 Å². The summed E-state index contributed by atoms with van der Waals surface area (Å²) in [6.45, 7) is 6.58. The third kappa shape index (κ3) is 7.75. The van der Waals surface area contributed by atoms with E-state index in [1.807, 2.05) is 32.6 Å². The molecule has 39 heavy (non-hydrogen) atoms. The van der Waals surface area contributed by atoms with Crippen LogP contribution in [0.15, 0.2) is 59.0 Å². The van der Waals surface area contributed by atoms with Crippen molar-refractivity contribution in [1.29, 1.82) is 0 Å². The Kier molecular flexibility index (Phi) is 9.42. The van der Waals surface area contributed by atoms with Gasteiger partial charge >= 0.3 is 15.6 Å². The second kappa shape index (κ2) is 11.9. The molecule has 0 bridgehead atoms. The number of sulfonamides is 1. The summed E-state index contributed by atoms with van der Waals surface area (Å²) in [4.78, 5) is -0.0153. The summed E-state index contributed by atoms with van der Waals surface area (Å²) in [5.41, 5.74) is -3.89. The summed E-state index contributed by atoms with van der Waals surface area (Å²) in [7, 11) is -12.6. The summed E-state index contributed by atoms with van der Waals surface area (Å²) >= 11 is 0. The maximum absolute atomic E-state index is 13.7. The second-order valence-electron chi connectivity index (χ2n) is 10.4. The molecule has 2 aromatic rings. The number of allylic oxidation sites excluding steroid dienone is 2. The smallest absolute Gasteiger partial charge is 0.376 e. The number of nitrogens with zero attached hydrogens (tertiary/aromatic N) is 1. The summed E-state index contributed by atoms with van der Waals surface area (Å²) in [6.07, 6.45) is 5.76. The molecule has 212 valence electrons. The summed E-state index contributed by atoms with van der Waals surface area (Å²) in [5, 5.41) is 0.318. The van der Waals surface area contributed by atoms with Crippen molar-refractivity contribution < 1.29 is 34.2 Å². The monoisotopic (exact) mass is 599 g/mol. The Bertz CT molecular complexity index is 1500. The van der Waals surface area contributed by atoms with Crippen LogP contribution in [0.4, 0.5) is 13.2 Å². The van der Waals surface area contributed by atoms with Crippen molar-refractivity contribution in [2.24, 2.45) is 0 Å². The molecule has 1 aliphatic carbocycles. The van der Waals surface area contributed by atoms with Gasteiger partial charge in [0.25, 0.3) is 0 Å². The molecule has 0 radical (unpaired) electrons. The third-order valence-corrected chi connectivity index (χ3v) is 11.0. The lowest BCUT2D eigenvalue weighted by Gasteiger charge is -2.26.